The molecule has 1 aliphatic carbocycles. The van der Waals surface area contributed by atoms with E-state index in [1.807, 2.05) is 0 Å². The van der Waals surface area contributed by atoms with E-state index in [1.165, 1.54) is 17.6 Å². The summed E-state index contributed by atoms with van der Waals surface area (Å²) in [5.41, 5.74) is 2.19. The largest absolute Gasteiger partial charge is 0.761 e. The molecule has 0 unspecified atom stereocenters. The number of nitrogens with one attached hydrogen (secondary N) is 2. The summed E-state index contributed by atoms with van der Waals surface area (Å²) in [7, 11) is 0. The quantitative estimate of drug-likeness (QED) is 0.812. The standard InChI is InChI=1S/C13H16FN2O2/c1-8-6-11(14)12(16-18)7-10(8)13(17)15-9-4-2-3-5-9/h6-7,9,16H,2-5H2,1H3,(H,15,17)/q-1. The minimum atomic E-state index is -0.639. The summed E-state index contributed by atoms with van der Waals surface area (Å²) in [6, 6.07) is 2.66. The Labute approximate surface area is 105 Å². The van der Waals surface area contributed by atoms with Crippen LogP contribution in [0.2, 0.25) is 0 Å². The zero-order valence-corrected chi connectivity index (χ0v) is 10.3. The molecule has 4 nitrogen and oxygen atoms in total. The van der Waals surface area contributed by atoms with Gasteiger partial charge in [-0.15, -0.1) is 0 Å². The second-order valence-electron chi connectivity index (χ2n) is 4.70. The number of anilines is 1. The topological polar surface area (TPSA) is 64.2 Å². The van der Waals surface area contributed by atoms with E-state index in [2.05, 4.69) is 5.32 Å². The number of carbonyl (C=O) groups excluding carboxylic acids is 1. The average molecular weight is 251 g/mol. The second-order valence-corrected chi connectivity index (χ2v) is 4.70. The van der Waals surface area contributed by atoms with Crippen LogP contribution in [0.4, 0.5) is 10.1 Å². The molecule has 0 heterocycles. The first kappa shape index (κ1) is 12.8. The van der Waals surface area contributed by atoms with Crippen molar-refractivity contribution in [1.82, 2.24) is 5.32 Å². The van der Waals surface area contributed by atoms with Gasteiger partial charge < -0.3 is 16.0 Å². The summed E-state index contributed by atoms with van der Waals surface area (Å²) < 4.78 is 13.3. The summed E-state index contributed by atoms with van der Waals surface area (Å²) >= 11 is 0. The molecule has 18 heavy (non-hydrogen) atoms. The molecular formula is C13H16FN2O2-. The van der Waals surface area contributed by atoms with Crippen LogP contribution in [0.25, 0.3) is 0 Å². The number of carbonyl (C=O) groups is 1. The van der Waals surface area contributed by atoms with Crippen LogP contribution in [0, 0.1) is 17.9 Å². The molecule has 0 radical (unpaired) electrons. The molecule has 1 amide bonds. The van der Waals surface area contributed by atoms with E-state index in [0.29, 0.717) is 11.1 Å². The van der Waals surface area contributed by atoms with Gasteiger partial charge in [0.2, 0.25) is 0 Å². The van der Waals surface area contributed by atoms with Gasteiger partial charge in [0.15, 0.2) is 0 Å². The smallest absolute Gasteiger partial charge is 0.251 e. The first-order valence-electron chi connectivity index (χ1n) is 6.11. The Balaban J connectivity index is 2.18. The van der Waals surface area contributed by atoms with Crippen LogP contribution >= 0.6 is 0 Å². The minimum absolute atomic E-state index is 0.197. The van der Waals surface area contributed by atoms with Crippen LogP contribution in [-0.2, 0) is 0 Å². The van der Waals surface area contributed by atoms with Gasteiger partial charge in [-0.25, -0.2) is 4.39 Å². The number of rotatable bonds is 3. The highest BCUT2D eigenvalue weighted by Crippen LogP contribution is 2.22. The SMILES string of the molecule is Cc1cc(F)c(N[O-])cc1C(=O)NC1CCCC1. The van der Waals surface area contributed by atoms with E-state index in [-0.39, 0.29) is 17.6 Å². The Bertz CT molecular complexity index is 457. The van der Waals surface area contributed by atoms with Crippen molar-refractivity contribution < 1.29 is 9.18 Å². The highest BCUT2D eigenvalue weighted by Gasteiger charge is 2.19. The molecule has 5 heteroatoms. The van der Waals surface area contributed by atoms with Crippen molar-refractivity contribution in [2.75, 3.05) is 5.48 Å². The third-order valence-corrected chi connectivity index (χ3v) is 3.36. The lowest BCUT2D eigenvalue weighted by atomic mass is 10.1. The maximum absolute atomic E-state index is 13.3. The molecule has 1 fully saturated rings. The van der Waals surface area contributed by atoms with Crippen molar-refractivity contribution in [2.24, 2.45) is 0 Å². The first-order chi connectivity index (χ1) is 8.61. The molecule has 0 saturated heterocycles. The normalized spacial score (nSPS) is 15.7. The predicted octanol–water partition coefficient (Wildman–Crippen LogP) is 2.72. The van der Waals surface area contributed by atoms with Crippen LogP contribution in [0.15, 0.2) is 12.1 Å². The zero-order valence-electron chi connectivity index (χ0n) is 10.3. The molecule has 0 aromatic heterocycles. The summed E-state index contributed by atoms with van der Waals surface area (Å²) in [5.74, 6) is -0.879. The van der Waals surface area contributed by atoms with Crippen molar-refractivity contribution in [3.63, 3.8) is 0 Å². The van der Waals surface area contributed by atoms with E-state index in [4.69, 9.17) is 0 Å². The van der Waals surface area contributed by atoms with Gasteiger partial charge in [0.25, 0.3) is 5.91 Å². The minimum Gasteiger partial charge on any atom is -0.761 e. The van der Waals surface area contributed by atoms with E-state index in [9.17, 15) is 14.4 Å². The monoisotopic (exact) mass is 251 g/mol. The lowest BCUT2D eigenvalue weighted by Gasteiger charge is -2.16. The van der Waals surface area contributed by atoms with Crippen LogP contribution in [0.1, 0.15) is 41.6 Å². The predicted molar refractivity (Wildman–Crippen MR) is 67.8 cm³/mol. The fourth-order valence-corrected chi connectivity index (χ4v) is 2.33. The third kappa shape index (κ3) is 2.61. The van der Waals surface area contributed by atoms with E-state index >= 15 is 0 Å². The maximum Gasteiger partial charge on any atom is 0.251 e. The van der Waals surface area contributed by atoms with Crippen LogP contribution in [-0.4, -0.2) is 11.9 Å². The lowest BCUT2D eigenvalue weighted by molar-refractivity contribution is 0.0937. The van der Waals surface area contributed by atoms with E-state index in [0.717, 1.165) is 25.7 Å². The van der Waals surface area contributed by atoms with Crippen molar-refractivity contribution in [3.8, 4) is 0 Å². The Morgan fingerprint density at radius 2 is 2.06 bits per heavy atom. The molecule has 1 aromatic carbocycles. The fourth-order valence-electron chi connectivity index (χ4n) is 2.33. The van der Waals surface area contributed by atoms with Gasteiger partial charge in [0.05, 0.1) is 5.69 Å². The number of halogens is 1. The summed E-state index contributed by atoms with van der Waals surface area (Å²) in [6.45, 7) is 1.65. The molecule has 1 aromatic rings. The molecule has 2 N–H and O–H groups in total. The second kappa shape index (κ2) is 5.35. The van der Waals surface area contributed by atoms with E-state index < -0.39 is 5.82 Å². The van der Waals surface area contributed by atoms with Crippen LogP contribution in [0.3, 0.4) is 0 Å². The van der Waals surface area contributed by atoms with E-state index in [1.54, 1.807) is 6.92 Å². The summed E-state index contributed by atoms with van der Waals surface area (Å²) in [5, 5.41) is 13.5. The summed E-state index contributed by atoms with van der Waals surface area (Å²) in [4.78, 5) is 12.0. The number of hydrogen-bond acceptors (Lipinski definition) is 3. The van der Waals surface area contributed by atoms with Crippen molar-refractivity contribution in [2.45, 2.75) is 38.6 Å². The molecule has 0 aliphatic heterocycles. The highest BCUT2D eigenvalue weighted by atomic mass is 19.1. The lowest BCUT2D eigenvalue weighted by Crippen LogP contribution is -2.33. The Hall–Kier alpha value is -1.62. The van der Waals surface area contributed by atoms with Crippen LogP contribution < -0.4 is 10.8 Å². The Morgan fingerprint density at radius 3 is 2.67 bits per heavy atom. The fraction of sp³-hybridized carbons (Fsp3) is 0.462. The molecule has 98 valence electrons. The van der Waals surface area contributed by atoms with Gasteiger partial charge in [-0.1, -0.05) is 12.8 Å². The van der Waals surface area contributed by atoms with Gasteiger partial charge >= 0.3 is 0 Å². The van der Waals surface area contributed by atoms with Gasteiger partial charge in [-0.2, -0.15) is 0 Å². The van der Waals surface area contributed by atoms with Gasteiger partial charge in [-0.3, -0.25) is 4.79 Å². The molecule has 0 bridgehead atoms. The average Bonchev–Trinajstić information content (AvgIpc) is 2.81. The van der Waals surface area contributed by atoms with Gasteiger partial charge in [0.1, 0.15) is 5.82 Å². The number of benzene rings is 1. The molecule has 2 rings (SSSR count). The molecule has 1 saturated carbocycles. The first-order valence-corrected chi connectivity index (χ1v) is 6.11. The maximum atomic E-state index is 13.3. The molecule has 0 spiro atoms. The Kier molecular flexibility index (Phi) is 3.81. The van der Waals surface area contributed by atoms with Crippen molar-refractivity contribution in [3.05, 3.63) is 34.3 Å². The number of amides is 1. The van der Waals surface area contributed by atoms with Gasteiger partial charge in [0, 0.05) is 11.6 Å². The highest BCUT2D eigenvalue weighted by molar-refractivity contribution is 5.96. The number of aryl methyl sites for hydroxylation is 1. The summed E-state index contributed by atoms with van der Waals surface area (Å²) in [6.07, 6.45) is 4.22. The molecule has 1 aliphatic rings. The number of hydrogen-bond donors (Lipinski definition) is 2. The molecular weight excluding hydrogens is 235 g/mol. The zero-order chi connectivity index (χ0) is 13.1. The molecule has 0 atom stereocenters. The Morgan fingerprint density at radius 1 is 1.39 bits per heavy atom. The van der Waals surface area contributed by atoms with Gasteiger partial charge in [-0.05, 0) is 37.5 Å². The van der Waals surface area contributed by atoms with Crippen LogP contribution in [0.5, 0.6) is 0 Å². The third-order valence-electron chi connectivity index (χ3n) is 3.36. The van der Waals surface area contributed by atoms with Crippen molar-refractivity contribution >= 4 is 11.6 Å². The van der Waals surface area contributed by atoms with Crippen molar-refractivity contribution in [1.29, 1.82) is 0 Å².